The van der Waals surface area contributed by atoms with Gasteiger partial charge < -0.3 is 15.0 Å². The van der Waals surface area contributed by atoms with Crippen molar-refractivity contribution in [3.05, 3.63) is 42.6 Å². The fourth-order valence-electron chi connectivity index (χ4n) is 3.26. The SMILES string of the molecule is CC(C)(C)OC(=O)N1CC[C@@H](Nc2ccnc(-c3cnc4ccc(F)cn34)n2)C1. The summed E-state index contributed by atoms with van der Waals surface area (Å²) in [6.07, 6.45) is 5.10. The van der Waals surface area contributed by atoms with E-state index in [4.69, 9.17) is 4.74 Å². The Balaban J connectivity index is 1.47. The van der Waals surface area contributed by atoms with Crippen molar-refractivity contribution in [1.29, 1.82) is 0 Å². The van der Waals surface area contributed by atoms with Gasteiger partial charge in [0.25, 0.3) is 0 Å². The highest BCUT2D eigenvalue weighted by Crippen LogP contribution is 2.21. The van der Waals surface area contributed by atoms with Crippen molar-refractivity contribution in [3.63, 3.8) is 0 Å². The lowest BCUT2D eigenvalue weighted by atomic mass is 10.2. The largest absolute Gasteiger partial charge is 0.444 e. The molecule has 3 aromatic heterocycles. The second-order valence-electron chi connectivity index (χ2n) is 8.04. The molecule has 0 aliphatic carbocycles. The molecule has 0 aromatic carbocycles. The molecule has 1 aliphatic rings. The highest BCUT2D eigenvalue weighted by molar-refractivity contribution is 5.68. The number of anilines is 1. The number of nitrogens with zero attached hydrogens (tertiary/aromatic N) is 5. The predicted molar refractivity (Wildman–Crippen MR) is 106 cm³/mol. The van der Waals surface area contributed by atoms with Gasteiger partial charge in [-0.2, -0.15) is 0 Å². The molecular formula is C20H23FN6O2. The number of halogens is 1. The van der Waals surface area contributed by atoms with Crippen LogP contribution in [0.3, 0.4) is 0 Å². The van der Waals surface area contributed by atoms with Crippen molar-refractivity contribution >= 4 is 17.6 Å². The van der Waals surface area contributed by atoms with Crippen LogP contribution in [0.1, 0.15) is 27.2 Å². The molecule has 9 heteroatoms. The van der Waals surface area contributed by atoms with Crippen molar-refractivity contribution in [3.8, 4) is 11.5 Å². The Morgan fingerprint density at radius 1 is 1.28 bits per heavy atom. The summed E-state index contributed by atoms with van der Waals surface area (Å²) in [5.74, 6) is 0.715. The molecule has 1 N–H and O–H groups in total. The summed E-state index contributed by atoms with van der Waals surface area (Å²) in [4.78, 5) is 27.0. The number of rotatable bonds is 3. The first kappa shape index (κ1) is 19.1. The molecule has 3 aromatic rings. The van der Waals surface area contributed by atoms with E-state index in [2.05, 4.69) is 20.3 Å². The fourth-order valence-corrected chi connectivity index (χ4v) is 3.26. The predicted octanol–water partition coefficient (Wildman–Crippen LogP) is 3.35. The maximum Gasteiger partial charge on any atom is 0.410 e. The van der Waals surface area contributed by atoms with E-state index in [-0.39, 0.29) is 18.0 Å². The zero-order valence-corrected chi connectivity index (χ0v) is 16.6. The minimum atomic E-state index is -0.516. The van der Waals surface area contributed by atoms with Crippen LogP contribution in [0.25, 0.3) is 17.2 Å². The Hall–Kier alpha value is -3.23. The Bertz CT molecular complexity index is 1040. The number of nitrogens with one attached hydrogen (secondary N) is 1. The van der Waals surface area contributed by atoms with Crippen LogP contribution in [-0.2, 0) is 4.74 Å². The first-order valence-electron chi connectivity index (χ1n) is 9.49. The molecule has 8 nitrogen and oxygen atoms in total. The van der Waals surface area contributed by atoms with Crippen molar-refractivity contribution < 1.29 is 13.9 Å². The minimum absolute atomic E-state index is 0.0601. The van der Waals surface area contributed by atoms with E-state index in [0.29, 0.717) is 36.1 Å². The molecule has 0 bridgehead atoms. The number of amides is 1. The summed E-state index contributed by atoms with van der Waals surface area (Å²) in [5, 5.41) is 3.35. The number of likely N-dealkylation sites (tertiary alicyclic amines) is 1. The van der Waals surface area contributed by atoms with Gasteiger partial charge in [-0.3, -0.25) is 4.40 Å². The molecular weight excluding hydrogens is 375 g/mol. The average molecular weight is 398 g/mol. The third-order valence-electron chi connectivity index (χ3n) is 4.55. The molecule has 4 rings (SSSR count). The Labute approximate surface area is 167 Å². The van der Waals surface area contributed by atoms with Crippen molar-refractivity contribution in [2.75, 3.05) is 18.4 Å². The minimum Gasteiger partial charge on any atom is -0.444 e. The van der Waals surface area contributed by atoms with Gasteiger partial charge in [0, 0.05) is 31.5 Å². The van der Waals surface area contributed by atoms with E-state index >= 15 is 0 Å². The molecule has 1 fully saturated rings. The quantitative estimate of drug-likeness (QED) is 0.728. The third-order valence-corrected chi connectivity index (χ3v) is 4.55. The smallest absolute Gasteiger partial charge is 0.410 e. The number of ether oxygens (including phenoxy) is 1. The lowest BCUT2D eigenvalue weighted by Gasteiger charge is -2.24. The normalized spacial score (nSPS) is 17.0. The first-order chi connectivity index (χ1) is 13.8. The molecule has 4 heterocycles. The van der Waals surface area contributed by atoms with Crippen LogP contribution < -0.4 is 5.32 Å². The molecule has 1 atom stereocenters. The van der Waals surface area contributed by atoms with Crippen LogP contribution in [0.5, 0.6) is 0 Å². The van der Waals surface area contributed by atoms with Crippen molar-refractivity contribution in [2.45, 2.75) is 38.8 Å². The highest BCUT2D eigenvalue weighted by Gasteiger charge is 2.30. The number of carbonyl (C=O) groups is 1. The van der Waals surface area contributed by atoms with Crippen LogP contribution in [0, 0.1) is 5.82 Å². The van der Waals surface area contributed by atoms with E-state index in [1.807, 2.05) is 20.8 Å². The third kappa shape index (κ3) is 4.28. The second kappa shape index (κ2) is 7.31. The lowest BCUT2D eigenvalue weighted by molar-refractivity contribution is 0.0293. The van der Waals surface area contributed by atoms with Crippen LogP contribution in [0.2, 0.25) is 0 Å². The van der Waals surface area contributed by atoms with Gasteiger partial charge in [0.05, 0.1) is 6.20 Å². The molecule has 0 spiro atoms. The maximum atomic E-state index is 13.6. The molecule has 0 unspecified atom stereocenters. The number of pyridine rings is 1. The molecule has 1 aliphatic heterocycles. The second-order valence-corrected chi connectivity index (χ2v) is 8.04. The molecule has 152 valence electrons. The van der Waals surface area contributed by atoms with Crippen molar-refractivity contribution in [2.24, 2.45) is 0 Å². The van der Waals surface area contributed by atoms with Crippen LogP contribution in [-0.4, -0.2) is 55.1 Å². The van der Waals surface area contributed by atoms with Crippen molar-refractivity contribution in [1.82, 2.24) is 24.3 Å². The highest BCUT2D eigenvalue weighted by atomic mass is 19.1. The Morgan fingerprint density at radius 3 is 2.90 bits per heavy atom. The van der Waals surface area contributed by atoms with Crippen LogP contribution in [0.4, 0.5) is 15.0 Å². The first-order valence-corrected chi connectivity index (χ1v) is 9.49. The Morgan fingerprint density at radius 2 is 2.10 bits per heavy atom. The van der Waals surface area contributed by atoms with Gasteiger partial charge in [-0.15, -0.1) is 0 Å². The topological polar surface area (TPSA) is 84.6 Å². The van der Waals surface area contributed by atoms with E-state index in [0.717, 1.165) is 6.42 Å². The summed E-state index contributed by atoms with van der Waals surface area (Å²) in [6, 6.07) is 4.79. The summed E-state index contributed by atoms with van der Waals surface area (Å²) in [5.41, 5.74) is 0.703. The van der Waals surface area contributed by atoms with Gasteiger partial charge in [-0.25, -0.2) is 24.1 Å². The Kier molecular flexibility index (Phi) is 4.81. The molecule has 0 saturated carbocycles. The van der Waals surface area contributed by atoms with E-state index < -0.39 is 5.60 Å². The van der Waals surface area contributed by atoms with Crippen LogP contribution in [0.15, 0.2) is 36.8 Å². The number of hydrogen-bond donors (Lipinski definition) is 1. The molecule has 1 saturated heterocycles. The average Bonchev–Trinajstić information content (AvgIpc) is 3.27. The number of carbonyl (C=O) groups excluding carboxylic acids is 1. The van der Waals surface area contributed by atoms with Gasteiger partial charge in [0.15, 0.2) is 5.82 Å². The van der Waals surface area contributed by atoms with E-state index in [1.54, 1.807) is 33.8 Å². The zero-order valence-electron chi connectivity index (χ0n) is 16.6. The van der Waals surface area contributed by atoms with Gasteiger partial charge in [0.2, 0.25) is 0 Å². The summed E-state index contributed by atoms with van der Waals surface area (Å²) in [6.45, 7) is 6.72. The fraction of sp³-hybridized carbons (Fsp3) is 0.400. The number of imidazole rings is 1. The number of aromatic nitrogens is 4. The zero-order chi connectivity index (χ0) is 20.6. The molecule has 1 amide bonds. The van der Waals surface area contributed by atoms with Gasteiger partial charge in [-0.05, 0) is 45.4 Å². The van der Waals surface area contributed by atoms with Gasteiger partial charge in [0.1, 0.15) is 28.6 Å². The maximum absolute atomic E-state index is 13.6. The molecule has 29 heavy (non-hydrogen) atoms. The summed E-state index contributed by atoms with van der Waals surface area (Å²) < 4.78 is 20.7. The summed E-state index contributed by atoms with van der Waals surface area (Å²) >= 11 is 0. The van der Waals surface area contributed by atoms with Crippen LogP contribution >= 0.6 is 0 Å². The standard InChI is InChI=1S/C20H23FN6O2/c1-20(2,3)29-19(28)26-9-7-14(12-26)24-16-6-8-22-18(25-16)15-10-23-17-5-4-13(21)11-27(15)17/h4-6,8,10-11,14H,7,9,12H2,1-3H3,(H,22,24,25)/t14-/m1/s1. The van der Waals surface area contributed by atoms with E-state index in [9.17, 15) is 9.18 Å². The summed E-state index contributed by atoms with van der Waals surface area (Å²) in [7, 11) is 0. The van der Waals surface area contributed by atoms with Gasteiger partial charge >= 0.3 is 6.09 Å². The number of fused-ring (bicyclic) bond motifs is 1. The lowest BCUT2D eigenvalue weighted by Crippen LogP contribution is -2.36. The van der Waals surface area contributed by atoms with E-state index in [1.165, 1.54) is 12.3 Å². The number of hydrogen-bond acceptors (Lipinski definition) is 6. The van der Waals surface area contributed by atoms with Gasteiger partial charge in [-0.1, -0.05) is 0 Å². The monoisotopic (exact) mass is 398 g/mol. The molecule has 0 radical (unpaired) electrons.